The minimum atomic E-state index is -3.91. The first kappa shape index (κ1) is 20.8. The molecule has 0 aromatic heterocycles. The summed E-state index contributed by atoms with van der Waals surface area (Å²) < 4.78 is 39.4. The highest BCUT2D eigenvalue weighted by Gasteiger charge is 2.31. The van der Waals surface area contributed by atoms with Crippen LogP contribution in [-0.2, 0) is 19.6 Å². The molecule has 0 radical (unpaired) electrons. The van der Waals surface area contributed by atoms with Gasteiger partial charge < -0.3 is 10.2 Å². The fourth-order valence-electron chi connectivity index (χ4n) is 3.30. The Balaban J connectivity index is 1.78. The lowest BCUT2D eigenvalue weighted by molar-refractivity contribution is -0.117. The van der Waals surface area contributed by atoms with E-state index in [-0.39, 0.29) is 11.6 Å². The topological polar surface area (TPSA) is 86.8 Å². The standard InChI is InChI=1S/C20H22FN3O4S/c1-14(24(29(2,27)28)18-7-4-3-6-17(18)21)20(26)22-15-9-11-16(12-10-15)23-13-5-8-19(23)25/h3-4,6-7,9-12,14H,5,8,13H2,1-2H3,(H,22,26)/t14-/m0/s1. The van der Waals surface area contributed by atoms with Crippen molar-refractivity contribution in [3.05, 3.63) is 54.3 Å². The van der Waals surface area contributed by atoms with Crippen molar-refractivity contribution in [2.75, 3.05) is 27.3 Å². The number of sulfonamides is 1. The molecule has 3 rings (SSSR count). The Morgan fingerprint density at radius 2 is 1.83 bits per heavy atom. The number of halogens is 1. The summed E-state index contributed by atoms with van der Waals surface area (Å²) >= 11 is 0. The number of hydrogen-bond acceptors (Lipinski definition) is 4. The van der Waals surface area contributed by atoms with Gasteiger partial charge in [0, 0.05) is 24.3 Å². The number of hydrogen-bond donors (Lipinski definition) is 1. The monoisotopic (exact) mass is 419 g/mol. The number of nitrogens with zero attached hydrogens (tertiary/aromatic N) is 2. The molecule has 2 aromatic rings. The number of anilines is 3. The minimum absolute atomic E-state index is 0.0593. The van der Waals surface area contributed by atoms with Gasteiger partial charge in [-0.05, 0) is 49.7 Å². The Bertz CT molecular complexity index is 1020. The predicted octanol–water partition coefficient (Wildman–Crippen LogP) is 2.75. The Morgan fingerprint density at radius 3 is 2.38 bits per heavy atom. The van der Waals surface area contributed by atoms with Crippen molar-refractivity contribution < 1.29 is 22.4 Å². The van der Waals surface area contributed by atoms with Crippen LogP contribution in [0.4, 0.5) is 21.5 Å². The first-order valence-electron chi connectivity index (χ1n) is 9.13. The van der Waals surface area contributed by atoms with Crippen molar-refractivity contribution in [3.63, 3.8) is 0 Å². The van der Waals surface area contributed by atoms with Gasteiger partial charge in [-0.3, -0.25) is 13.9 Å². The predicted molar refractivity (Wildman–Crippen MR) is 110 cm³/mol. The fourth-order valence-corrected chi connectivity index (χ4v) is 4.48. The Labute approximate surface area is 169 Å². The molecule has 7 nitrogen and oxygen atoms in total. The number of benzene rings is 2. The molecule has 1 heterocycles. The maximum atomic E-state index is 14.2. The van der Waals surface area contributed by atoms with E-state index < -0.39 is 27.8 Å². The molecule has 29 heavy (non-hydrogen) atoms. The van der Waals surface area contributed by atoms with Crippen LogP contribution in [0.3, 0.4) is 0 Å². The van der Waals surface area contributed by atoms with Crippen molar-refractivity contribution in [2.45, 2.75) is 25.8 Å². The van der Waals surface area contributed by atoms with Crippen molar-refractivity contribution in [1.82, 2.24) is 0 Å². The van der Waals surface area contributed by atoms with Crippen molar-refractivity contribution in [2.24, 2.45) is 0 Å². The molecular weight excluding hydrogens is 397 g/mol. The lowest BCUT2D eigenvalue weighted by Gasteiger charge is -2.28. The molecule has 1 aliphatic rings. The third kappa shape index (κ3) is 4.56. The molecule has 2 amide bonds. The molecule has 0 bridgehead atoms. The Morgan fingerprint density at radius 1 is 1.17 bits per heavy atom. The van der Waals surface area contributed by atoms with E-state index in [1.54, 1.807) is 29.2 Å². The molecule has 154 valence electrons. The second kappa shape index (κ2) is 8.20. The van der Waals surface area contributed by atoms with Gasteiger partial charge in [-0.15, -0.1) is 0 Å². The normalized spacial score (nSPS) is 15.3. The van der Waals surface area contributed by atoms with Gasteiger partial charge in [0.25, 0.3) is 0 Å². The number of nitrogens with one attached hydrogen (secondary N) is 1. The van der Waals surface area contributed by atoms with Crippen LogP contribution in [-0.4, -0.2) is 39.1 Å². The summed E-state index contributed by atoms with van der Waals surface area (Å²) in [6.07, 6.45) is 2.25. The van der Waals surface area contributed by atoms with Crippen LogP contribution < -0.4 is 14.5 Å². The van der Waals surface area contributed by atoms with E-state index in [1.165, 1.54) is 25.1 Å². The van der Waals surface area contributed by atoms with Gasteiger partial charge in [-0.1, -0.05) is 12.1 Å². The molecule has 1 N–H and O–H groups in total. The molecule has 0 unspecified atom stereocenters. The largest absolute Gasteiger partial charge is 0.324 e. The maximum Gasteiger partial charge on any atom is 0.247 e. The first-order valence-corrected chi connectivity index (χ1v) is 11.0. The highest BCUT2D eigenvalue weighted by molar-refractivity contribution is 7.92. The third-order valence-corrected chi connectivity index (χ3v) is 5.93. The molecule has 1 atom stereocenters. The van der Waals surface area contributed by atoms with E-state index in [9.17, 15) is 22.4 Å². The van der Waals surface area contributed by atoms with Gasteiger partial charge in [0.05, 0.1) is 11.9 Å². The fraction of sp³-hybridized carbons (Fsp3) is 0.300. The second-order valence-electron chi connectivity index (χ2n) is 6.87. The Hall–Kier alpha value is -2.94. The SMILES string of the molecule is C[C@@H](C(=O)Nc1ccc(N2CCCC2=O)cc1)N(c1ccccc1F)S(C)(=O)=O. The molecule has 0 aliphatic carbocycles. The van der Waals surface area contributed by atoms with Crippen LogP contribution >= 0.6 is 0 Å². The van der Waals surface area contributed by atoms with E-state index >= 15 is 0 Å². The van der Waals surface area contributed by atoms with Crippen molar-refractivity contribution >= 4 is 38.9 Å². The lowest BCUT2D eigenvalue weighted by Crippen LogP contribution is -2.45. The molecule has 1 fully saturated rings. The average Bonchev–Trinajstić information content (AvgIpc) is 3.09. The average molecular weight is 419 g/mol. The minimum Gasteiger partial charge on any atom is -0.324 e. The van der Waals surface area contributed by atoms with Crippen molar-refractivity contribution in [1.29, 1.82) is 0 Å². The summed E-state index contributed by atoms with van der Waals surface area (Å²) in [5, 5.41) is 2.64. The number of amides is 2. The molecule has 9 heteroatoms. The lowest BCUT2D eigenvalue weighted by atomic mass is 10.2. The number of para-hydroxylation sites is 1. The summed E-state index contributed by atoms with van der Waals surface area (Å²) in [5.41, 5.74) is 0.988. The molecule has 0 spiro atoms. The van der Waals surface area contributed by atoms with E-state index in [1.807, 2.05) is 0 Å². The number of rotatable bonds is 6. The quantitative estimate of drug-likeness (QED) is 0.780. The summed E-state index contributed by atoms with van der Waals surface area (Å²) in [6, 6.07) is 10.9. The van der Waals surface area contributed by atoms with Crippen LogP contribution in [0.2, 0.25) is 0 Å². The summed E-state index contributed by atoms with van der Waals surface area (Å²) in [6.45, 7) is 2.05. The van der Waals surface area contributed by atoms with E-state index in [0.29, 0.717) is 18.7 Å². The van der Waals surface area contributed by atoms with Gasteiger partial charge >= 0.3 is 0 Å². The molecule has 1 aliphatic heterocycles. The smallest absolute Gasteiger partial charge is 0.247 e. The van der Waals surface area contributed by atoms with Gasteiger partial charge in [-0.25, -0.2) is 12.8 Å². The van der Waals surface area contributed by atoms with Gasteiger partial charge in [0.2, 0.25) is 21.8 Å². The van der Waals surface area contributed by atoms with Crippen LogP contribution in [0.15, 0.2) is 48.5 Å². The molecule has 2 aromatic carbocycles. The summed E-state index contributed by atoms with van der Waals surface area (Å²) in [7, 11) is -3.91. The first-order chi connectivity index (χ1) is 13.7. The maximum absolute atomic E-state index is 14.2. The summed E-state index contributed by atoms with van der Waals surface area (Å²) in [4.78, 5) is 26.2. The van der Waals surface area contributed by atoms with Gasteiger partial charge in [0.1, 0.15) is 11.9 Å². The molecule has 0 saturated carbocycles. The zero-order valence-electron chi connectivity index (χ0n) is 16.1. The van der Waals surface area contributed by atoms with Gasteiger partial charge in [-0.2, -0.15) is 0 Å². The van der Waals surface area contributed by atoms with E-state index in [4.69, 9.17) is 0 Å². The van der Waals surface area contributed by atoms with Crippen LogP contribution in [0, 0.1) is 5.82 Å². The van der Waals surface area contributed by atoms with Gasteiger partial charge in [0.15, 0.2) is 0 Å². The molecular formula is C20H22FN3O4S. The zero-order valence-corrected chi connectivity index (χ0v) is 16.9. The number of carbonyl (C=O) groups excluding carboxylic acids is 2. The highest BCUT2D eigenvalue weighted by atomic mass is 32.2. The third-order valence-electron chi connectivity index (χ3n) is 4.70. The Kier molecular flexibility index (Phi) is 5.88. The van der Waals surface area contributed by atoms with Crippen molar-refractivity contribution in [3.8, 4) is 0 Å². The van der Waals surface area contributed by atoms with Crippen LogP contribution in [0.25, 0.3) is 0 Å². The van der Waals surface area contributed by atoms with Crippen LogP contribution in [0.5, 0.6) is 0 Å². The molecule has 1 saturated heterocycles. The zero-order chi connectivity index (χ0) is 21.2. The second-order valence-corrected chi connectivity index (χ2v) is 8.73. The van der Waals surface area contributed by atoms with E-state index in [2.05, 4.69) is 5.32 Å². The number of carbonyl (C=O) groups is 2. The highest BCUT2D eigenvalue weighted by Crippen LogP contribution is 2.26. The summed E-state index contributed by atoms with van der Waals surface area (Å²) in [5.74, 6) is -1.29. The van der Waals surface area contributed by atoms with E-state index in [0.717, 1.165) is 28.7 Å². The van der Waals surface area contributed by atoms with Crippen LogP contribution in [0.1, 0.15) is 19.8 Å².